The van der Waals surface area contributed by atoms with Crippen molar-refractivity contribution in [2.75, 3.05) is 17.1 Å². The minimum absolute atomic E-state index is 0.0151. The maximum Gasteiger partial charge on any atom is 0.261 e. The number of hydrogen-bond acceptors (Lipinski definition) is 5. The molecule has 0 aromatic heterocycles. The second kappa shape index (κ2) is 9.53. The lowest BCUT2D eigenvalue weighted by molar-refractivity contribution is 0.102. The number of carbonyl (C=O) groups is 1. The molecule has 0 radical (unpaired) electrons. The minimum Gasteiger partial charge on any atom is -0.497 e. The number of nitrogens with one attached hydrogen (secondary N) is 2. The van der Waals surface area contributed by atoms with Gasteiger partial charge in [0.25, 0.3) is 15.9 Å². The zero-order valence-corrected chi connectivity index (χ0v) is 18.3. The van der Waals surface area contributed by atoms with Gasteiger partial charge in [0, 0.05) is 23.0 Å². The average molecular weight is 441 g/mol. The molecular weight excluding hydrogens is 416 g/mol. The number of amides is 1. The van der Waals surface area contributed by atoms with E-state index in [0.717, 1.165) is 0 Å². The van der Waals surface area contributed by atoms with Gasteiger partial charge >= 0.3 is 0 Å². The van der Waals surface area contributed by atoms with Crippen LogP contribution in [0.25, 0.3) is 0 Å². The van der Waals surface area contributed by atoms with E-state index < -0.39 is 10.0 Å². The molecule has 162 valence electrons. The van der Waals surface area contributed by atoms with Crippen LogP contribution >= 0.6 is 0 Å². The first-order valence-electron chi connectivity index (χ1n) is 9.62. The van der Waals surface area contributed by atoms with E-state index in [-0.39, 0.29) is 22.6 Å². The van der Waals surface area contributed by atoms with Crippen LogP contribution in [0.4, 0.5) is 11.4 Å². The molecule has 2 N–H and O–H groups in total. The van der Waals surface area contributed by atoms with Crippen molar-refractivity contribution in [1.82, 2.24) is 0 Å². The van der Waals surface area contributed by atoms with E-state index in [0.29, 0.717) is 22.7 Å². The molecule has 0 aliphatic carbocycles. The van der Waals surface area contributed by atoms with E-state index in [1.165, 1.54) is 25.3 Å². The molecule has 7 nitrogen and oxygen atoms in total. The van der Waals surface area contributed by atoms with E-state index in [1.54, 1.807) is 48.5 Å². The largest absolute Gasteiger partial charge is 0.497 e. The molecule has 0 aliphatic heterocycles. The van der Waals surface area contributed by atoms with E-state index in [4.69, 9.17) is 9.47 Å². The third kappa shape index (κ3) is 5.99. The maximum absolute atomic E-state index is 12.7. The van der Waals surface area contributed by atoms with Crippen molar-refractivity contribution in [1.29, 1.82) is 0 Å². The highest BCUT2D eigenvalue weighted by atomic mass is 32.2. The summed E-state index contributed by atoms with van der Waals surface area (Å²) in [5, 5.41) is 2.80. The Bertz CT molecular complexity index is 1160. The summed E-state index contributed by atoms with van der Waals surface area (Å²) in [7, 11) is -2.30. The average Bonchev–Trinajstić information content (AvgIpc) is 2.73. The van der Waals surface area contributed by atoms with Crippen LogP contribution in [0.2, 0.25) is 0 Å². The summed E-state index contributed by atoms with van der Waals surface area (Å²) in [6, 6.07) is 19.4. The Hall–Kier alpha value is -3.52. The van der Waals surface area contributed by atoms with Crippen molar-refractivity contribution in [2.24, 2.45) is 0 Å². The molecule has 0 bridgehead atoms. The Morgan fingerprint density at radius 1 is 0.871 bits per heavy atom. The molecule has 8 heteroatoms. The Morgan fingerprint density at radius 2 is 1.55 bits per heavy atom. The van der Waals surface area contributed by atoms with Gasteiger partial charge in [0.1, 0.15) is 11.5 Å². The van der Waals surface area contributed by atoms with Crippen molar-refractivity contribution in [3.8, 4) is 11.5 Å². The number of benzene rings is 3. The maximum atomic E-state index is 12.7. The van der Waals surface area contributed by atoms with Crippen LogP contribution in [0, 0.1) is 0 Å². The van der Waals surface area contributed by atoms with E-state index in [2.05, 4.69) is 10.0 Å². The van der Waals surface area contributed by atoms with E-state index in [9.17, 15) is 13.2 Å². The van der Waals surface area contributed by atoms with Crippen molar-refractivity contribution in [2.45, 2.75) is 24.8 Å². The number of carbonyl (C=O) groups excluding carboxylic acids is 1. The number of hydrogen-bond donors (Lipinski definition) is 2. The van der Waals surface area contributed by atoms with Gasteiger partial charge in [-0.3, -0.25) is 9.52 Å². The highest BCUT2D eigenvalue weighted by Crippen LogP contribution is 2.22. The fraction of sp³-hybridized carbons (Fsp3) is 0.174. The van der Waals surface area contributed by atoms with Crippen molar-refractivity contribution >= 4 is 27.3 Å². The summed E-state index contributed by atoms with van der Waals surface area (Å²) >= 11 is 0. The predicted octanol–water partition coefficient (Wildman–Crippen LogP) is 4.54. The molecule has 0 heterocycles. The smallest absolute Gasteiger partial charge is 0.261 e. The summed E-state index contributed by atoms with van der Waals surface area (Å²) in [6.45, 7) is 3.84. The van der Waals surface area contributed by atoms with Gasteiger partial charge in [-0.2, -0.15) is 0 Å². The molecule has 0 saturated heterocycles. The molecule has 0 unspecified atom stereocenters. The number of rotatable bonds is 8. The third-order valence-electron chi connectivity index (χ3n) is 4.21. The molecule has 3 aromatic carbocycles. The first kappa shape index (κ1) is 22.2. The lowest BCUT2D eigenvalue weighted by Gasteiger charge is -2.12. The molecule has 0 fully saturated rings. The van der Waals surface area contributed by atoms with Crippen LogP contribution in [0.5, 0.6) is 11.5 Å². The third-order valence-corrected chi connectivity index (χ3v) is 5.61. The second-order valence-corrected chi connectivity index (χ2v) is 8.69. The van der Waals surface area contributed by atoms with Crippen molar-refractivity contribution < 1.29 is 22.7 Å². The van der Waals surface area contributed by atoms with Gasteiger partial charge in [-0.25, -0.2) is 8.42 Å². The van der Waals surface area contributed by atoms with E-state index in [1.807, 2.05) is 19.9 Å². The number of ether oxygens (including phenoxy) is 2. The fourth-order valence-corrected chi connectivity index (χ4v) is 3.86. The summed E-state index contributed by atoms with van der Waals surface area (Å²) in [6.07, 6.45) is 0.0151. The monoisotopic (exact) mass is 440 g/mol. The SMILES string of the molecule is COc1ccc(S(=O)(=O)Nc2cccc(C(=O)Nc3cccc(OC(C)C)c3)c2)cc1. The normalized spacial score (nSPS) is 11.1. The molecular formula is C23H24N2O5S. The van der Waals surface area contributed by atoms with Crippen LogP contribution in [-0.4, -0.2) is 27.5 Å². The van der Waals surface area contributed by atoms with Crippen LogP contribution < -0.4 is 19.5 Å². The lowest BCUT2D eigenvalue weighted by atomic mass is 10.2. The Morgan fingerprint density at radius 3 is 2.23 bits per heavy atom. The Labute approximate surface area is 182 Å². The Kier molecular flexibility index (Phi) is 6.81. The number of anilines is 2. The van der Waals surface area contributed by atoms with Gasteiger partial charge in [0.2, 0.25) is 0 Å². The van der Waals surface area contributed by atoms with Gasteiger partial charge in [0.15, 0.2) is 0 Å². The van der Waals surface area contributed by atoms with Crippen molar-refractivity contribution in [3.63, 3.8) is 0 Å². The molecule has 31 heavy (non-hydrogen) atoms. The summed E-state index contributed by atoms with van der Waals surface area (Å²) in [4.78, 5) is 12.8. The van der Waals surface area contributed by atoms with Crippen LogP contribution in [0.1, 0.15) is 24.2 Å². The van der Waals surface area contributed by atoms with Crippen LogP contribution in [0.15, 0.2) is 77.7 Å². The quantitative estimate of drug-likeness (QED) is 0.537. The zero-order valence-electron chi connectivity index (χ0n) is 17.5. The number of sulfonamides is 1. The summed E-state index contributed by atoms with van der Waals surface area (Å²) < 4.78 is 38.4. The van der Waals surface area contributed by atoms with Crippen molar-refractivity contribution in [3.05, 3.63) is 78.4 Å². The fourth-order valence-electron chi connectivity index (χ4n) is 2.82. The molecule has 0 aliphatic rings. The molecule has 1 amide bonds. The summed E-state index contributed by atoms with van der Waals surface area (Å²) in [5.74, 6) is 0.835. The van der Waals surface area contributed by atoms with Gasteiger partial charge < -0.3 is 14.8 Å². The van der Waals surface area contributed by atoms with Crippen LogP contribution in [-0.2, 0) is 10.0 Å². The highest BCUT2D eigenvalue weighted by molar-refractivity contribution is 7.92. The van der Waals surface area contributed by atoms with E-state index >= 15 is 0 Å². The summed E-state index contributed by atoms with van der Waals surface area (Å²) in [5.41, 5.74) is 1.16. The second-order valence-electron chi connectivity index (χ2n) is 7.01. The first-order valence-corrected chi connectivity index (χ1v) is 11.1. The molecule has 0 spiro atoms. The van der Waals surface area contributed by atoms with Gasteiger partial charge in [-0.15, -0.1) is 0 Å². The highest BCUT2D eigenvalue weighted by Gasteiger charge is 2.15. The molecule has 0 saturated carbocycles. The minimum atomic E-state index is -3.81. The van der Waals surface area contributed by atoms with Gasteiger partial charge in [0.05, 0.1) is 18.1 Å². The lowest BCUT2D eigenvalue weighted by Crippen LogP contribution is -2.15. The topological polar surface area (TPSA) is 93.7 Å². The molecule has 3 aromatic rings. The number of methoxy groups -OCH3 is 1. The predicted molar refractivity (Wildman–Crippen MR) is 120 cm³/mol. The molecule has 0 atom stereocenters. The molecule has 3 rings (SSSR count). The van der Waals surface area contributed by atoms with Gasteiger partial charge in [-0.1, -0.05) is 12.1 Å². The van der Waals surface area contributed by atoms with Gasteiger partial charge in [-0.05, 0) is 68.4 Å². The standard InChI is InChI=1S/C23H24N2O5S/c1-16(2)30-21-9-5-7-18(15-21)24-23(26)17-6-4-8-19(14-17)25-31(27,28)22-12-10-20(29-3)11-13-22/h4-16,25H,1-3H3,(H,24,26). The zero-order chi connectivity index (χ0) is 22.4. The van der Waals surface area contributed by atoms with Crippen LogP contribution in [0.3, 0.4) is 0 Å². The Balaban J connectivity index is 1.74. The first-order chi connectivity index (χ1) is 14.8.